The molecule has 4 nitrogen and oxygen atoms in total. The van der Waals surface area contributed by atoms with Crippen molar-refractivity contribution in [1.82, 2.24) is 15.5 Å². The maximum atomic E-state index is 12.0. The first-order valence-corrected chi connectivity index (χ1v) is 6.63. The predicted octanol–water partition coefficient (Wildman–Crippen LogP) is 0.932. The highest BCUT2D eigenvalue weighted by molar-refractivity contribution is 5.76. The second kappa shape index (κ2) is 4.24. The highest BCUT2D eigenvalue weighted by atomic mass is 16.2. The molecule has 0 bridgehead atoms. The van der Waals surface area contributed by atoms with Crippen LogP contribution in [0.4, 0.5) is 4.79 Å². The lowest BCUT2D eigenvalue weighted by atomic mass is 9.81. The lowest BCUT2D eigenvalue weighted by Gasteiger charge is -2.46. The van der Waals surface area contributed by atoms with Gasteiger partial charge in [0, 0.05) is 25.2 Å². The first-order chi connectivity index (χ1) is 7.86. The monoisotopic (exact) mass is 223 g/mol. The van der Waals surface area contributed by atoms with Gasteiger partial charge in [-0.3, -0.25) is 0 Å². The lowest BCUT2D eigenvalue weighted by molar-refractivity contribution is 0.0710. The molecule has 2 saturated heterocycles. The van der Waals surface area contributed by atoms with Crippen LogP contribution in [0.3, 0.4) is 0 Å². The van der Waals surface area contributed by atoms with Gasteiger partial charge in [0.25, 0.3) is 0 Å². The summed E-state index contributed by atoms with van der Waals surface area (Å²) in [4.78, 5) is 14.2. The Balaban J connectivity index is 1.78. The van der Waals surface area contributed by atoms with Crippen molar-refractivity contribution in [2.75, 3.05) is 19.6 Å². The van der Waals surface area contributed by atoms with Crippen molar-refractivity contribution in [1.29, 1.82) is 0 Å². The van der Waals surface area contributed by atoms with Crippen LogP contribution < -0.4 is 10.6 Å². The lowest BCUT2D eigenvalue weighted by Crippen LogP contribution is -2.61. The van der Waals surface area contributed by atoms with Crippen molar-refractivity contribution in [3.63, 3.8) is 0 Å². The number of nitrogens with zero attached hydrogens (tertiary/aromatic N) is 1. The molecule has 90 valence electrons. The third-order valence-corrected chi connectivity index (χ3v) is 4.40. The van der Waals surface area contributed by atoms with E-state index in [2.05, 4.69) is 15.5 Å². The molecule has 4 heteroatoms. The molecule has 3 unspecified atom stereocenters. The van der Waals surface area contributed by atoms with Crippen molar-refractivity contribution in [3.05, 3.63) is 0 Å². The van der Waals surface area contributed by atoms with Crippen LogP contribution in [0, 0.1) is 5.92 Å². The van der Waals surface area contributed by atoms with Crippen molar-refractivity contribution in [2.45, 2.75) is 44.2 Å². The molecule has 2 N–H and O–H groups in total. The first kappa shape index (κ1) is 10.4. The van der Waals surface area contributed by atoms with E-state index in [1.165, 1.54) is 25.7 Å². The maximum absolute atomic E-state index is 12.0. The number of amides is 2. The molecule has 2 aliphatic heterocycles. The summed E-state index contributed by atoms with van der Waals surface area (Å²) in [5, 5.41) is 6.43. The Morgan fingerprint density at radius 3 is 2.81 bits per heavy atom. The van der Waals surface area contributed by atoms with Crippen molar-refractivity contribution in [2.24, 2.45) is 5.92 Å². The topological polar surface area (TPSA) is 44.4 Å². The summed E-state index contributed by atoms with van der Waals surface area (Å²) in [6.07, 6.45) is 6.27. The zero-order valence-corrected chi connectivity index (χ0v) is 9.74. The molecule has 1 saturated carbocycles. The number of carbonyl (C=O) groups excluding carboxylic acids is 1. The van der Waals surface area contributed by atoms with Crippen LogP contribution in [0.25, 0.3) is 0 Å². The molecule has 3 atom stereocenters. The summed E-state index contributed by atoms with van der Waals surface area (Å²) >= 11 is 0. The van der Waals surface area contributed by atoms with Gasteiger partial charge in [-0.15, -0.1) is 0 Å². The zero-order chi connectivity index (χ0) is 11.0. The number of nitrogens with one attached hydrogen (secondary N) is 2. The Hall–Kier alpha value is -0.770. The van der Waals surface area contributed by atoms with Crippen LogP contribution in [-0.4, -0.2) is 42.6 Å². The third kappa shape index (κ3) is 1.69. The predicted molar refractivity (Wildman–Crippen MR) is 62.3 cm³/mol. The molecule has 0 aromatic heterocycles. The SMILES string of the molecule is O=C1NCC2CCCCC2N1C1CCNC1. The second-order valence-electron chi connectivity index (χ2n) is 5.35. The Kier molecular flexibility index (Phi) is 2.75. The van der Waals surface area contributed by atoms with E-state index in [1.54, 1.807) is 0 Å². The highest BCUT2D eigenvalue weighted by Gasteiger charge is 2.41. The maximum Gasteiger partial charge on any atom is 0.317 e. The van der Waals surface area contributed by atoms with Gasteiger partial charge in [0.1, 0.15) is 0 Å². The third-order valence-electron chi connectivity index (χ3n) is 4.40. The van der Waals surface area contributed by atoms with Gasteiger partial charge in [0.05, 0.1) is 0 Å². The number of urea groups is 1. The van der Waals surface area contributed by atoms with Crippen molar-refractivity contribution in [3.8, 4) is 0 Å². The minimum Gasteiger partial charge on any atom is -0.338 e. The summed E-state index contributed by atoms with van der Waals surface area (Å²) in [5.74, 6) is 0.701. The molecular weight excluding hydrogens is 202 g/mol. The van der Waals surface area contributed by atoms with Crippen molar-refractivity contribution >= 4 is 6.03 Å². The largest absolute Gasteiger partial charge is 0.338 e. The normalized spacial score (nSPS) is 39.4. The number of carbonyl (C=O) groups is 1. The average Bonchev–Trinajstić information content (AvgIpc) is 2.82. The van der Waals surface area contributed by atoms with Gasteiger partial charge in [-0.05, 0) is 31.7 Å². The van der Waals surface area contributed by atoms with E-state index in [0.717, 1.165) is 26.1 Å². The van der Waals surface area contributed by atoms with Gasteiger partial charge in [0.15, 0.2) is 0 Å². The van der Waals surface area contributed by atoms with E-state index in [-0.39, 0.29) is 6.03 Å². The standard InChI is InChI=1S/C12H21N3O/c16-12-14-7-9-3-1-2-4-11(9)15(12)10-5-6-13-8-10/h9-11,13H,1-8H2,(H,14,16). The van der Waals surface area contributed by atoms with Gasteiger partial charge in [-0.25, -0.2) is 4.79 Å². The summed E-state index contributed by atoms with van der Waals surface area (Å²) in [5.41, 5.74) is 0. The van der Waals surface area contributed by atoms with Crippen LogP contribution >= 0.6 is 0 Å². The molecular formula is C12H21N3O. The fraction of sp³-hybridized carbons (Fsp3) is 0.917. The summed E-state index contributed by atoms with van der Waals surface area (Å²) in [6, 6.07) is 1.13. The minimum absolute atomic E-state index is 0.178. The van der Waals surface area contributed by atoms with E-state index < -0.39 is 0 Å². The molecule has 1 aliphatic carbocycles. The Bertz CT molecular complexity index is 275. The smallest absolute Gasteiger partial charge is 0.317 e. The fourth-order valence-corrected chi connectivity index (χ4v) is 3.57. The van der Waals surface area contributed by atoms with Crippen LogP contribution in [0.2, 0.25) is 0 Å². The molecule has 2 heterocycles. The Labute approximate surface area is 96.8 Å². The molecule has 3 aliphatic rings. The van der Waals surface area contributed by atoms with Crippen LogP contribution in [0.1, 0.15) is 32.1 Å². The highest BCUT2D eigenvalue weighted by Crippen LogP contribution is 2.32. The molecule has 3 fully saturated rings. The molecule has 0 aromatic rings. The van der Waals surface area contributed by atoms with Gasteiger partial charge >= 0.3 is 6.03 Å². The number of hydrogen-bond acceptors (Lipinski definition) is 2. The Morgan fingerprint density at radius 2 is 2.00 bits per heavy atom. The zero-order valence-electron chi connectivity index (χ0n) is 9.74. The Morgan fingerprint density at radius 1 is 1.12 bits per heavy atom. The average molecular weight is 223 g/mol. The van der Waals surface area contributed by atoms with Gasteiger partial charge in [0.2, 0.25) is 0 Å². The van der Waals surface area contributed by atoms with Gasteiger partial charge in [-0.2, -0.15) is 0 Å². The van der Waals surface area contributed by atoms with Gasteiger partial charge < -0.3 is 15.5 Å². The molecule has 16 heavy (non-hydrogen) atoms. The minimum atomic E-state index is 0.178. The first-order valence-electron chi connectivity index (χ1n) is 6.63. The van der Waals surface area contributed by atoms with Gasteiger partial charge in [-0.1, -0.05) is 12.8 Å². The van der Waals surface area contributed by atoms with E-state index in [9.17, 15) is 4.79 Å². The van der Waals surface area contributed by atoms with Crippen LogP contribution in [-0.2, 0) is 0 Å². The molecule has 0 radical (unpaired) electrons. The number of rotatable bonds is 1. The fourth-order valence-electron chi connectivity index (χ4n) is 3.57. The van der Waals surface area contributed by atoms with E-state index in [1.807, 2.05) is 0 Å². The quantitative estimate of drug-likeness (QED) is 0.694. The molecule has 3 rings (SSSR count). The number of hydrogen-bond donors (Lipinski definition) is 2. The molecule has 0 spiro atoms. The van der Waals surface area contributed by atoms with Crippen molar-refractivity contribution < 1.29 is 4.79 Å². The molecule has 0 aromatic carbocycles. The van der Waals surface area contributed by atoms with E-state index >= 15 is 0 Å². The summed E-state index contributed by atoms with van der Waals surface area (Å²) in [6.45, 7) is 2.95. The summed E-state index contributed by atoms with van der Waals surface area (Å²) in [7, 11) is 0. The molecule has 2 amide bonds. The second-order valence-corrected chi connectivity index (χ2v) is 5.35. The van der Waals surface area contributed by atoms with Crippen LogP contribution in [0.15, 0.2) is 0 Å². The van der Waals surface area contributed by atoms with Crippen LogP contribution in [0.5, 0.6) is 0 Å². The summed E-state index contributed by atoms with van der Waals surface area (Å²) < 4.78 is 0. The van der Waals surface area contributed by atoms with E-state index in [0.29, 0.717) is 18.0 Å². The van der Waals surface area contributed by atoms with E-state index in [4.69, 9.17) is 0 Å². The number of fused-ring (bicyclic) bond motifs is 1.